The summed E-state index contributed by atoms with van der Waals surface area (Å²) in [7, 11) is 1.56. The molecule has 1 rings (SSSR count). The molecule has 0 atom stereocenters. The van der Waals surface area contributed by atoms with Gasteiger partial charge in [0.1, 0.15) is 6.61 Å². The van der Waals surface area contributed by atoms with Gasteiger partial charge in [-0.15, -0.1) is 0 Å². The van der Waals surface area contributed by atoms with E-state index >= 15 is 0 Å². The number of nitro benzene ring substituents is 2. The van der Waals surface area contributed by atoms with Gasteiger partial charge in [0.2, 0.25) is 0 Å². The molecule has 2 N–H and O–H groups in total. The summed E-state index contributed by atoms with van der Waals surface area (Å²) in [6.07, 6.45) is 0. The summed E-state index contributed by atoms with van der Waals surface area (Å²) < 4.78 is 25.7. The Balaban J connectivity index is 2.71. The lowest BCUT2D eigenvalue weighted by Crippen LogP contribution is -2.20. The molecule has 156 valence electrons. The van der Waals surface area contributed by atoms with E-state index < -0.39 is 33.7 Å². The first-order chi connectivity index (χ1) is 13.4. The second-order valence-electron chi connectivity index (χ2n) is 5.12. The second-order valence-corrected chi connectivity index (χ2v) is 5.12. The van der Waals surface area contributed by atoms with E-state index in [-0.39, 0.29) is 24.7 Å². The van der Waals surface area contributed by atoms with Gasteiger partial charge >= 0.3 is 11.4 Å². The lowest BCUT2D eigenvalue weighted by molar-refractivity contribution is -0.422. The highest BCUT2D eigenvalue weighted by atomic mass is 16.6. The van der Waals surface area contributed by atoms with Gasteiger partial charge in [0.05, 0.1) is 55.0 Å². The number of benzene rings is 1. The van der Waals surface area contributed by atoms with Gasteiger partial charge in [-0.2, -0.15) is 0 Å². The first-order valence-electron chi connectivity index (χ1n) is 8.02. The van der Waals surface area contributed by atoms with Crippen molar-refractivity contribution in [3.05, 3.63) is 32.4 Å². The van der Waals surface area contributed by atoms with Gasteiger partial charge in [-0.1, -0.05) is 0 Å². The normalized spacial score (nSPS) is 10.5. The average molecular weight is 403 g/mol. The maximum Gasteiger partial charge on any atom is 0.350 e. The molecule has 0 heterocycles. The summed E-state index contributed by atoms with van der Waals surface area (Å²) in [6, 6.07) is 1.66. The molecule has 0 aromatic heterocycles. The third kappa shape index (κ3) is 8.11. The number of nitro groups is 2. The van der Waals surface area contributed by atoms with Crippen LogP contribution in [-0.4, -0.2) is 69.1 Å². The largest absolute Gasteiger partial charge is 0.487 e. The van der Waals surface area contributed by atoms with Crippen molar-refractivity contribution in [1.29, 1.82) is 0 Å². The van der Waals surface area contributed by atoms with E-state index in [1.165, 1.54) is 0 Å². The summed E-state index contributed by atoms with van der Waals surface area (Å²) in [5.74, 6) is -1.21. The first-order valence-corrected chi connectivity index (χ1v) is 8.02. The fourth-order valence-electron chi connectivity index (χ4n) is 1.88. The van der Waals surface area contributed by atoms with Gasteiger partial charge in [0.15, 0.2) is 18.1 Å². The second kappa shape index (κ2) is 12.4. The fourth-order valence-corrected chi connectivity index (χ4v) is 1.88. The minimum atomic E-state index is -0.939. The van der Waals surface area contributed by atoms with E-state index in [0.29, 0.717) is 26.4 Å². The summed E-state index contributed by atoms with van der Waals surface area (Å²) in [5.41, 5.74) is 3.40. The van der Waals surface area contributed by atoms with E-state index in [2.05, 4.69) is 0 Å². The van der Waals surface area contributed by atoms with Crippen molar-refractivity contribution in [2.75, 3.05) is 53.4 Å². The molecule has 13 heteroatoms. The molecule has 1 aromatic carbocycles. The molecule has 0 aliphatic heterocycles. The van der Waals surface area contributed by atoms with Crippen molar-refractivity contribution in [3.8, 4) is 11.5 Å². The molecule has 28 heavy (non-hydrogen) atoms. The monoisotopic (exact) mass is 403 g/mol. The molecular weight excluding hydrogens is 382 g/mol. The van der Waals surface area contributed by atoms with Gasteiger partial charge < -0.3 is 29.4 Å². The Morgan fingerprint density at radius 1 is 0.893 bits per heavy atom. The van der Waals surface area contributed by atoms with Crippen LogP contribution in [0.4, 0.5) is 11.4 Å². The molecule has 0 saturated heterocycles. The SMILES string of the molecule is COCCOCCOCCOc1cc([N+](=O)[O-])c([N+](=O)[O-])cc1OCC(N)=O. The minimum absolute atomic E-state index is 0.0278. The van der Waals surface area contributed by atoms with Crippen molar-refractivity contribution in [2.45, 2.75) is 0 Å². The van der Waals surface area contributed by atoms with Crippen LogP contribution in [0.5, 0.6) is 11.5 Å². The highest BCUT2D eigenvalue weighted by Gasteiger charge is 2.28. The number of primary amides is 1. The average Bonchev–Trinajstić information content (AvgIpc) is 2.64. The number of methoxy groups -OCH3 is 1. The van der Waals surface area contributed by atoms with Crippen LogP contribution in [0.3, 0.4) is 0 Å². The Morgan fingerprint density at radius 2 is 1.36 bits per heavy atom. The lowest BCUT2D eigenvalue weighted by atomic mass is 10.2. The zero-order chi connectivity index (χ0) is 20.9. The number of carbonyl (C=O) groups is 1. The van der Waals surface area contributed by atoms with Crippen LogP contribution in [0.2, 0.25) is 0 Å². The van der Waals surface area contributed by atoms with Crippen LogP contribution in [0.15, 0.2) is 12.1 Å². The number of hydrogen-bond donors (Lipinski definition) is 1. The van der Waals surface area contributed by atoms with Crippen LogP contribution in [0.1, 0.15) is 0 Å². The summed E-state index contributed by atoms with van der Waals surface area (Å²) >= 11 is 0. The van der Waals surface area contributed by atoms with E-state index in [4.69, 9.17) is 29.4 Å². The summed E-state index contributed by atoms with van der Waals surface area (Å²) in [6.45, 7) is 1.05. The maximum absolute atomic E-state index is 11.1. The van der Waals surface area contributed by atoms with Crippen molar-refractivity contribution in [1.82, 2.24) is 0 Å². The number of nitrogens with two attached hydrogens (primary N) is 1. The topological polar surface area (TPSA) is 176 Å². The number of ether oxygens (including phenoxy) is 5. The fraction of sp³-hybridized carbons (Fsp3) is 0.533. The number of rotatable bonds is 15. The van der Waals surface area contributed by atoms with Gasteiger partial charge in [-0.3, -0.25) is 25.0 Å². The van der Waals surface area contributed by atoms with Crippen LogP contribution >= 0.6 is 0 Å². The maximum atomic E-state index is 11.1. The Labute approximate surface area is 159 Å². The van der Waals surface area contributed by atoms with Crippen LogP contribution in [0, 0.1) is 20.2 Å². The third-order valence-electron chi connectivity index (χ3n) is 3.09. The Kier molecular flexibility index (Phi) is 10.2. The van der Waals surface area contributed by atoms with Crippen molar-refractivity contribution in [2.24, 2.45) is 5.73 Å². The van der Waals surface area contributed by atoms with Gasteiger partial charge in [-0.25, -0.2) is 0 Å². The standard InChI is InChI=1S/C15H21N3O10/c1-24-2-3-25-4-5-26-6-7-27-13-8-11(17(20)21)12(18(22)23)9-14(13)28-10-15(16)19/h8-9H,2-7,10H2,1H3,(H2,16,19). The van der Waals surface area contributed by atoms with E-state index in [1.807, 2.05) is 0 Å². The molecular formula is C15H21N3O10. The number of amides is 1. The van der Waals surface area contributed by atoms with Crippen molar-refractivity contribution >= 4 is 17.3 Å². The molecule has 1 aromatic rings. The number of carbonyl (C=O) groups excluding carboxylic acids is 1. The molecule has 0 unspecified atom stereocenters. The highest BCUT2D eigenvalue weighted by Crippen LogP contribution is 2.39. The van der Waals surface area contributed by atoms with Crippen LogP contribution in [-0.2, 0) is 19.0 Å². The summed E-state index contributed by atoms with van der Waals surface area (Å²) in [4.78, 5) is 31.1. The van der Waals surface area contributed by atoms with E-state index in [1.54, 1.807) is 7.11 Å². The Bertz CT molecular complexity index is 682. The zero-order valence-corrected chi connectivity index (χ0v) is 15.2. The molecule has 0 aliphatic rings. The minimum Gasteiger partial charge on any atom is -0.487 e. The molecule has 0 radical (unpaired) electrons. The van der Waals surface area contributed by atoms with E-state index in [9.17, 15) is 25.0 Å². The molecule has 0 aliphatic carbocycles. The van der Waals surface area contributed by atoms with Crippen molar-refractivity contribution < 1.29 is 38.3 Å². The molecule has 0 saturated carbocycles. The third-order valence-corrected chi connectivity index (χ3v) is 3.09. The smallest absolute Gasteiger partial charge is 0.350 e. The zero-order valence-electron chi connectivity index (χ0n) is 15.2. The first kappa shape index (κ1) is 23.0. The quantitative estimate of drug-likeness (QED) is 0.245. The molecule has 0 spiro atoms. The predicted octanol–water partition coefficient (Wildman–Crippen LogP) is 0.426. The molecule has 0 fully saturated rings. The Hall–Kier alpha value is -3.03. The van der Waals surface area contributed by atoms with Gasteiger partial charge in [0, 0.05) is 7.11 Å². The Morgan fingerprint density at radius 3 is 1.82 bits per heavy atom. The van der Waals surface area contributed by atoms with Crippen LogP contribution < -0.4 is 15.2 Å². The molecule has 13 nitrogen and oxygen atoms in total. The lowest BCUT2D eigenvalue weighted by Gasteiger charge is -2.12. The summed E-state index contributed by atoms with van der Waals surface area (Å²) in [5, 5.41) is 22.1. The molecule has 0 bridgehead atoms. The number of nitrogens with zero attached hydrogens (tertiary/aromatic N) is 2. The van der Waals surface area contributed by atoms with E-state index in [0.717, 1.165) is 12.1 Å². The molecule has 1 amide bonds. The number of hydrogen-bond acceptors (Lipinski definition) is 10. The predicted molar refractivity (Wildman–Crippen MR) is 93.4 cm³/mol. The highest BCUT2D eigenvalue weighted by molar-refractivity contribution is 5.75. The van der Waals surface area contributed by atoms with Gasteiger partial charge in [-0.05, 0) is 0 Å². The van der Waals surface area contributed by atoms with Gasteiger partial charge in [0.25, 0.3) is 5.91 Å². The van der Waals surface area contributed by atoms with Crippen LogP contribution in [0.25, 0.3) is 0 Å². The van der Waals surface area contributed by atoms with Crippen molar-refractivity contribution in [3.63, 3.8) is 0 Å².